The molecule has 0 atom stereocenters. The van der Waals surface area contributed by atoms with Crippen molar-refractivity contribution in [3.63, 3.8) is 0 Å². The summed E-state index contributed by atoms with van der Waals surface area (Å²) >= 11 is 0. The van der Waals surface area contributed by atoms with E-state index < -0.39 is 23.6 Å². The lowest BCUT2D eigenvalue weighted by Gasteiger charge is -2.08. The molecule has 1 N–H and O–H groups in total. The number of halogens is 3. The van der Waals surface area contributed by atoms with Crippen LogP contribution in [0.25, 0.3) is 0 Å². The van der Waals surface area contributed by atoms with Gasteiger partial charge < -0.3 is 14.8 Å². The molecule has 8 nitrogen and oxygen atoms in total. The quantitative estimate of drug-likeness (QED) is 0.775. The molecule has 0 aliphatic rings. The molecule has 1 aromatic heterocycles. The topological polar surface area (TPSA) is 87.4 Å². The van der Waals surface area contributed by atoms with Gasteiger partial charge in [-0.2, -0.15) is 13.2 Å². The second-order valence-corrected chi connectivity index (χ2v) is 5.20. The number of benzene rings is 1. The first-order chi connectivity index (χ1) is 12.2. The molecule has 0 unspecified atom stereocenters. The lowest BCUT2D eigenvalue weighted by molar-refractivity contribution is -0.147. The normalized spacial score (nSPS) is 11.3. The summed E-state index contributed by atoms with van der Waals surface area (Å²) in [6.07, 6.45) is -4.73. The van der Waals surface area contributed by atoms with E-state index in [1.165, 1.54) is 7.11 Å². The number of aromatic nitrogens is 3. The second-order valence-electron chi connectivity index (χ2n) is 5.20. The van der Waals surface area contributed by atoms with Gasteiger partial charge in [0.15, 0.2) is 6.61 Å². The predicted molar refractivity (Wildman–Crippen MR) is 84.0 cm³/mol. The van der Waals surface area contributed by atoms with E-state index in [1.807, 2.05) is 0 Å². The first kappa shape index (κ1) is 19.3. The fourth-order valence-electron chi connectivity index (χ4n) is 2.05. The molecule has 1 aromatic carbocycles. The summed E-state index contributed by atoms with van der Waals surface area (Å²) in [4.78, 5) is 23.4. The van der Waals surface area contributed by atoms with Crippen molar-refractivity contribution in [2.24, 2.45) is 7.05 Å². The number of nitrogens with one attached hydrogen (secondary N) is 1. The van der Waals surface area contributed by atoms with Gasteiger partial charge in [-0.05, 0) is 24.3 Å². The molecule has 2 aromatic rings. The highest BCUT2D eigenvalue weighted by Crippen LogP contribution is 2.25. The van der Waals surface area contributed by atoms with Crippen LogP contribution in [-0.4, -0.2) is 40.5 Å². The fraction of sp³-hybridized carbons (Fsp3) is 0.400. The van der Waals surface area contributed by atoms with Crippen molar-refractivity contribution in [2.75, 3.05) is 20.3 Å². The number of ether oxygens (including phenoxy) is 2. The number of nitrogens with zero attached hydrogens (tertiary/aromatic N) is 3. The van der Waals surface area contributed by atoms with Gasteiger partial charge in [0.25, 0.3) is 5.91 Å². The zero-order chi connectivity index (χ0) is 19.3. The first-order valence-corrected chi connectivity index (χ1v) is 7.47. The summed E-state index contributed by atoms with van der Waals surface area (Å²) < 4.78 is 49.3. The van der Waals surface area contributed by atoms with Crippen LogP contribution in [0.3, 0.4) is 0 Å². The molecule has 1 heterocycles. The van der Waals surface area contributed by atoms with Gasteiger partial charge in [0.05, 0.1) is 13.7 Å². The molecule has 0 saturated carbocycles. The number of carbonyl (C=O) groups excluding carboxylic acids is 1. The van der Waals surface area contributed by atoms with Gasteiger partial charge in [0.2, 0.25) is 5.82 Å². The van der Waals surface area contributed by atoms with E-state index in [9.17, 15) is 22.8 Å². The second kappa shape index (κ2) is 7.93. The van der Waals surface area contributed by atoms with Crippen molar-refractivity contribution >= 4 is 5.91 Å². The van der Waals surface area contributed by atoms with E-state index in [1.54, 1.807) is 24.3 Å². The molecule has 0 aliphatic heterocycles. The maximum Gasteiger partial charge on any atom is 0.451 e. The zero-order valence-electron chi connectivity index (χ0n) is 14.0. The van der Waals surface area contributed by atoms with Gasteiger partial charge in [-0.3, -0.25) is 9.36 Å². The third-order valence-electron chi connectivity index (χ3n) is 3.37. The predicted octanol–water partition coefficient (Wildman–Crippen LogP) is 0.804. The van der Waals surface area contributed by atoms with E-state index in [-0.39, 0.29) is 19.7 Å². The molecule has 0 spiro atoms. The van der Waals surface area contributed by atoms with Gasteiger partial charge in [0, 0.05) is 13.6 Å². The van der Waals surface area contributed by atoms with Gasteiger partial charge in [-0.15, -0.1) is 5.10 Å². The Kier molecular flexibility index (Phi) is 5.90. The lowest BCUT2D eigenvalue weighted by Crippen LogP contribution is -2.34. The van der Waals surface area contributed by atoms with Crippen LogP contribution in [0.4, 0.5) is 13.2 Å². The highest BCUT2D eigenvalue weighted by Gasteiger charge is 2.37. The summed E-state index contributed by atoms with van der Waals surface area (Å²) in [5.41, 5.74) is -0.916. The first-order valence-electron chi connectivity index (χ1n) is 7.47. The summed E-state index contributed by atoms with van der Waals surface area (Å²) in [6, 6.07) is 6.58. The highest BCUT2D eigenvalue weighted by molar-refractivity contribution is 5.77. The number of methoxy groups -OCH3 is 1. The van der Waals surface area contributed by atoms with E-state index in [4.69, 9.17) is 9.47 Å². The Morgan fingerprint density at radius 1 is 1.23 bits per heavy atom. The molecule has 0 radical (unpaired) electrons. The van der Waals surface area contributed by atoms with Crippen molar-refractivity contribution < 1.29 is 27.4 Å². The maximum absolute atomic E-state index is 12.7. The number of rotatable bonds is 7. The Labute approximate surface area is 146 Å². The van der Waals surface area contributed by atoms with Crippen LogP contribution in [0.15, 0.2) is 29.1 Å². The average molecular weight is 374 g/mol. The smallest absolute Gasteiger partial charge is 0.451 e. The van der Waals surface area contributed by atoms with Gasteiger partial charge >= 0.3 is 11.9 Å². The molecule has 0 fully saturated rings. The van der Waals surface area contributed by atoms with Gasteiger partial charge in [0.1, 0.15) is 11.5 Å². The molecule has 0 saturated heterocycles. The van der Waals surface area contributed by atoms with Crippen LogP contribution < -0.4 is 20.5 Å². The number of amides is 1. The number of hydrogen-bond donors (Lipinski definition) is 1. The third kappa shape index (κ3) is 4.77. The standard InChI is InChI=1S/C15H17F3N4O4/c1-21-13(15(16,17)18)20-22(14(21)24)8-7-19-12(23)9-26-11-5-3-10(25-2)4-6-11/h3-6H,7-9H2,1-2H3,(H,19,23). The molecule has 142 valence electrons. The van der Waals surface area contributed by atoms with Crippen molar-refractivity contribution in [1.29, 1.82) is 0 Å². The summed E-state index contributed by atoms with van der Waals surface area (Å²) in [7, 11) is 2.50. The van der Waals surface area contributed by atoms with E-state index in [2.05, 4.69) is 10.4 Å². The van der Waals surface area contributed by atoms with Crippen LogP contribution >= 0.6 is 0 Å². The summed E-state index contributed by atoms with van der Waals surface area (Å²) in [6.45, 7) is -0.548. The zero-order valence-corrected chi connectivity index (χ0v) is 14.0. The molecule has 0 aliphatic carbocycles. The minimum Gasteiger partial charge on any atom is -0.497 e. The maximum atomic E-state index is 12.7. The van der Waals surface area contributed by atoms with Crippen molar-refractivity contribution in [3.8, 4) is 11.5 Å². The van der Waals surface area contributed by atoms with Crippen LogP contribution in [0.1, 0.15) is 5.82 Å². The molecular weight excluding hydrogens is 357 g/mol. The van der Waals surface area contributed by atoms with Crippen LogP contribution in [0.2, 0.25) is 0 Å². The Hall–Kier alpha value is -2.98. The van der Waals surface area contributed by atoms with Crippen molar-refractivity contribution in [3.05, 3.63) is 40.6 Å². The largest absolute Gasteiger partial charge is 0.497 e. The summed E-state index contributed by atoms with van der Waals surface area (Å²) in [5.74, 6) is -0.685. The van der Waals surface area contributed by atoms with Gasteiger partial charge in [-0.1, -0.05) is 0 Å². The Morgan fingerprint density at radius 2 is 1.85 bits per heavy atom. The van der Waals surface area contributed by atoms with E-state index >= 15 is 0 Å². The number of carbonyl (C=O) groups is 1. The molecule has 0 bridgehead atoms. The van der Waals surface area contributed by atoms with Crippen LogP contribution in [-0.2, 0) is 24.6 Å². The molecule has 11 heteroatoms. The minimum absolute atomic E-state index is 0.0704. The highest BCUT2D eigenvalue weighted by atomic mass is 19.4. The molecule has 26 heavy (non-hydrogen) atoms. The number of hydrogen-bond acceptors (Lipinski definition) is 5. The molecular formula is C15H17F3N4O4. The van der Waals surface area contributed by atoms with E-state index in [0.717, 1.165) is 7.05 Å². The fourth-order valence-corrected chi connectivity index (χ4v) is 2.05. The molecule has 2 rings (SSSR count). The Bertz CT molecular complexity index is 812. The van der Waals surface area contributed by atoms with Gasteiger partial charge in [-0.25, -0.2) is 9.48 Å². The Morgan fingerprint density at radius 3 is 2.38 bits per heavy atom. The lowest BCUT2D eigenvalue weighted by atomic mass is 10.3. The number of alkyl halides is 3. The average Bonchev–Trinajstić information content (AvgIpc) is 2.89. The summed E-state index contributed by atoms with van der Waals surface area (Å²) in [5, 5.41) is 5.67. The van der Waals surface area contributed by atoms with Crippen LogP contribution in [0, 0.1) is 0 Å². The monoisotopic (exact) mass is 374 g/mol. The third-order valence-corrected chi connectivity index (χ3v) is 3.37. The minimum atomic E-state index is -4.73. The van der Waals surface area contributed by atoms with Crippen molar-refractivity contribution in [2.45, 2.75) is 12.7 Å². The van der Waals surface area contributed by atoms with Crippen LogP contribution in [0.5, 0.6) is 11.5 Å². The molecule has 1 amide bonds. The van der Waals surface area contributed by atoms with Crippen molar-refractivity contribution in [1.82, 2.24) is 19.7 Å². The Balaban J connectivity index is 1.82. The van der Waals surface area contributed by atoms with E-state index in [0.29, 0.717) is 20.7 Å². The SMILES string of the molecule is COc1ccc(OCC(=O)NCCn2nc(C(F)(F)F)n(C)c2=O)cc1.